The van der Waals surface area contributed by atoms with Gasteiger partial charge in [0.25, 0.3) is 0 Å². The van der Waals surface area contributed by atoms with Crippen LogP contribution in [0.25, 0.3) is 0 Å². The summed E-state index contributed by atoms with van der Waals surface area (Å²) < 4.78 is 10.4. The highest BCUT2D eigenvalue weighted by atomic mass is 16.6. The molecule has 0 fully saturated rings. The molecule has 0 radical (unpaired) electrons. The number of anilines is 2. The van der Waals surface area contributed by atoms with Crippen LogP contribution in [0, 0.1) is 10.1 Å². The third kappa shape index (κ3) is 3.35. The van der Waals surface area contributed by atoms with Crippen molar-refractivity contribution >= 4 is 17.3 Å². The van der Waals surface area contributed by atoms with Gasteiger partial charge in [-0.1, -0.05) is 0 Å². The number of methoxy groups -OCH3 is 2. The number of nitrogens with two attached hydrogens (primary N) is 1. The highest BCUT2D eigenvalue weighted by Crippen LogP contribution is 2.26. The predicted molar refractivity (Wildman–Crippen MR) is 82.2 cm³/mol. The summed E-state index contributed by atoms with van der Waals surface area (Å²) in [5.74, 6) is 1.68. The summed E-state index contributed by atoms with van der Waals surface area (Å²) >= 11 is 0. The van der Waals surface area contributed by atoms with Gasteiger partial charge in [0.1, 0.15) is 17.3 Å². The summed E-state index contributed by atoms with van der Waals surface area (Å²) in [6.45, 7) is 0.428. The first-order chi connectivity index (χ1) is 10.5. The van der Waals surface area contributed by atoms with Crippen LogP contribution in [-0.2, 0) is 6.54 Å². The Morgan fingerprint density at radius 3 is 2.64 bits per heavy atom. The quantitative estimate of drug-likeness (QED) is 0.621. The number of pyridine rings is 1. The van der Waals surface area contributed by atoms with Gasteiger partial charge in [-0.25, -0.2) is 4.98 Å². The van der Waals surface area contributed by atoms with E-state index in [-0.39, 0.29) is 11.5 Å². The summed E-state index contributed by atoms with van der Waals surface area (Å²) in [5, 5.41) is 13.7. The molecule has 1 aromatic carbocycles. The zero-order chi connectivity index (χ0) is 16.1. The van der Waals surface area contributed by atoms with E-state index in [1.165, 1.54) is 12.1 Å². The van der Waals surface area contributed by atoms with Crippen molar-refractivity contribution in [3.63, 3.8) is 0 Å². The lowest BCUT2D eigenvalue weighted by Crippen LogP contribution is -2.06. The summed E-state index contributed by atoms with van der Waals surface area (Å²) in [4.78, 5) is 14.1. The smallest absolute Gasteiger partial charge is 0.311 e. The number of nitrogen functional groups attached to an aromatic ring is 1. The molecular formula is C14H16N4O4. The first-order valence-corrected chi connectivity index (χ1v) is 6.41. The molecule has 2 aromatic rings. The van der Waals surface area contributed by atoms with E-state index in [2.05, 4.69) is 10.3 Å². The van der Waals surface area contributed by atoms with Crippen LogP contribution in [0.2, 0.25) is 0 Å². The van der Waals surface area contributed by atoms with Crippen molar-refractivity contribution in [3.8, 4) is 11.5 Å². The van der Waals surface area contributed by atoms with Crippen molar-refractivity contribution in [2.45, 2.75) is 6.54 Å². The molecule has 0 spiro atoms. The molecule has 1 aromatic heterocycles. The van der Waals surface area contributed by atoms with Gasteiger partial charge in [-0.3, -0.25) is 10.1 Å². The third-order valence-electron chi connectivity index (χ3n) is 3.05. The normalized spacial score (nSPS) is 10.1. The van der Waals surface area contributed by atoms with E-state index in [9.17, 15) is 10.1 Å². The number of nitro groups is 1. The van der Waals surface area contributed by atoms with Crippen LogP contribution in [0.5, 0.6) is 11.5 Å². The van der Waals surface area contributed by atoms with Crippen molar-refractivity contribution in [1.29, 1.82) is 0 Å². The van der Waals surface area contributed by atoms with Gasteiger partial charge < -0.3 is 20.5 Å². The Kier molecular flexibility index (Phi) is 4.62. The summed E-state index contributed by atoms with van der Waals surface area (Å²) in [7, 11) is 3.15. The highest BCUT2D eigenvalue weighted by molar-refractivity contribution is 5.57. The number of aromatic nitrogens is 1. The van der Waals surface area contributed by atoms with E-state index in [4.69, 9.17) is 15.2 Å². The summed E-state index contributed by atoms with van der Waals surface area (Å²) in [5.41, 5.74) is 6.23. The second-order valence-corrected chi connectivity index (χ2v) is 4.39. The molecule has 3 N–H and O–H groups in total. The molecule has 2 rings (SSSR count). The third-order valence-corrected chi connectivity index (χ3v) is 3.05. The topological polar surface area (TPSA) is 113 Å². The van der Waals surface area contributed by atoms with Gasteiger partial charge in [0.15, 0.2) is 0 Å². The van der Waals surface area contributed by atoms with Gasteiger partial charge in [-0.05, 0) is 18.2 Å². The largest absolute Gasteiger partial charge is 0.497 e. The van der Waals surface area contributed by atoms with E-state index in [0.29, 0.717) is 23.9 Å². The molecule has 0 amide bonds. The lowest BCUT2D eigenvalue weighted by Gasteiger charge is -2.11. The molecule has 8 nitrogen and oxygen atoms in total. The molecular weight excluding hydrogens is 288 g/mol. The van der Waals surface area contributed by atoms with E-state index in [1.54, 1.807) is 20.3 Å². The summed E-state index contributed by atoms with van der Waals surface area (Å²) in [6, 6.07) is 8.27. The van der Waals surface area contributed by atoms with Gasteiger partial charge in [0.05, 0.1) is 19.1 Å². The molecule has 0 unspecified atom stereocenters. The summed E-state index contributed by atoms with van der Waals surface area (Å²) in [6.07, 6.45) is 0. The minimum Gasteiger partial charge on any atom is -0.497 e. The standard InChI is InChI=1S/C14H16N4O4/c1-21-10-4-3-9(12(7-10)22-2)8-16-13-6-5-11(18(19)20)14(15)17-13/h3-7H,8H2,1-2H3,(H3,15,16,17). The Morgan fingerprint density at radius 1 is 1.27 bits per heavy atom. The number of benzene rings is 1. The molecule has 0 saturated carbocycles. The minimum absolute atomic E-state index is 0.128. The van der Waals surface area contributed by atoms with Gasteiger partial charge >= 0.3 is 5.69 Å². The molecule has 22 heavy (non-hydrogen) atoms. The first-order valence-electron chi connectivity index (χ1n) is 6.41. The fourth-order valence-electron chi connectivity index (χ4n) is 1.90. The van der Waals surface area contributed by atoms with Crippen LogP contribution in [0.1, 0.15) is 5.56 Å². The Labute approximate surface area is 127 Å². The monoisotopic (exact) mass is 304 g/mol. The van der Waals surface area contributed by atoms with Crippen molar-refractivity contribution < 1.29 is 14.4 Å². The van der Waals surface area contributed by atoms with E-state index in [0.717, 1.165) is 5.56 Å². The number of ether oxygens (including phenoxy) is 2. The molecule has 0 aliphatic rings. The van der Waals surface area contributed by atoms with Crippen LogP contribution in [0.15, 0.2) is 30.3 Å². The second-order valence-electron chi connectivity index (χ2n) is 4.39. The van der Waals surface area contributed by atoms with E-state index in [1.807, 2.05) is 12.1 Å². The maximum Gasteiger partial charge on any atom is 0.311 e. The predicted octanol–water partition coefficient (Wildman–Crippen LogP) is 2.20. The molecule has 116 valence electrons. The number of nitrogens with zero attached hydrogens (tertiary/aromatic N) is 2. The van der Waals surface area contributed by atoms with Crippen molar-refractivity contribution in [2.24, 2.45) is 0 Å². The molecule has 0 aliphatic heterocycles. The lowest BCUT2D eigenvalue weighted by molar-refractivity contribution is -0.384. The van der Waals surface area contributed by atoms with Gasteiger partial charge in [0.2, 0.25) is 5.82 Å². The Morgan fingerprint density at radius 2 is 2.05 bits per heavy atom. The molecule has 1 heterocycles. The van der Waals surface area contributed by atoms with Crippen LogP contribution in [0.3, 0.4) is 0 Å². The SMILES string of the molecule is COc1ccc(CNc2ccc([N+](=O)[O-])c(N)n2)c(OC)c1. The highest BCUT2D eigenvalue weighted by Gasteiger charge is 2.13. The van der Waals surface area contributed by atoms with E-state index < -0.39 is 4.92 Å². The van der Waals surface area contributed by atoms with Crippen LogP contribution < -0.4 is 20.5 Å². The first kappa shape index (κ1) is 15.4. The zero-order valence-corrected chi connectivity index (χ0v) is 12.2. The van der Waals surface area contributed by atoms with Crippen LogP contribution in [0.4, 0.5) is 17.3 Å². The van der Waals surface area contributed by atoms with Crippen LogP contribution >= 0.6 is 0 Å². The lowest BCUT2D eigenvalue weighted by atomic mass is 10.2. The average Bonchev–Trinajstić information content (AvgIpc) is 2.52. The van der Waals surface area contributed by atoms with Gasteiger partial charge in [0, 0.05) is 24.2 Å². The number of hydrogen-bond acceptors (Lipinski definition) is 7. The molecule has 0 saturated heterocycles. The average molecular weight is 304 g/mol. The fourth-order valence-corrected chi connectivity index (χ4v) is 1.90. The maximum absolute atomic E-state index is 10.7. The van der Waals surface area contributed by atoms with Crippen LogP contribution in [-0.4, -0.2) is 24.1 Å². The molecule has 0 atom stereocenters. The van der Waals surface area contributed by atoms with Gasteiger partial charge in [-0.2, -0.15) is 0 Å². The Hall–Kier alpha value is -3.03. The second kappa shape index (κ2) is 6.61. The minimum atomic E-state index is -0.571. The number of rotatable bonds is 6. The Bertz CT molecular complexity index is 691. The van der Waals surface area contributed by atoms with Crippen molar-refractivity contribution in [3.05, 3.63) is 46.0 Å². The Balaban J connectivity index is 2.13. The zero-order valence-electron chi connectivity index (χ0n) is 12.2. The number of nitrogens with one attached hydrogen (secondary N) is 1. The number of hydrogen-bond donors (Lipinski definition) is 2. The molecule has 8 heteroatoms. The van der Waals surface area contributed by atoms with Crippen molar-refractivity contribution in [2.75, 3.05) is 25.3 Å². The van der Waals surface area contributed by atoms with E-state index >= 15 is 0 Å². The maximum atomic E-state index is 10.7. The van der Waals surface area contributed by atoms with Crippen molar-refractivity contribution in [1.82, 2.24) is 4.98 Å². The molecule has 0 aliphatic carbocycles. The fraction of sp³-hybridized carbons (Fsp3) is 0.214. The molecule has 0 bridgehead atoms. The van der Waals surface area contributed by atoms with Gasteiger partial charge in [-0.15, -0.1) is 0 Å².